The molecular weight excluding hydrogens is 563 g/mol. The Morgan fingerprint density at radius 1 is 1.12 bits per heavy atom. The van der Waals surface area contributed by atoms with E-state index in [1.165, 1.54) is 44.4 Å². The summed E-state index contributed by atoms with van der Waals surface area (Å²) in [6.45, 7) is 3.77. The quantitative estimate of drug-likeness (QED) is 0.159. The molecule has 1 saturated heterocycles. The molecule has 1 fully saturated rings. The molecule has 1 atom stereocenters. The molecule has 3 N–H and O–H groups in total. The number of nitrogens with zero attached hydrogens (tertiary/aromatic N) is 3. The molecule has 2 aliphatic rings. The average molecular weight is 596 g/mol. The molecule has 0 bridgehead atoms. The van der Waals surface area contributed by atoms with Gasteiger partial charge in [-0.05, 0) is 68.3 Å². The molecule has 2 aromatic carbocycles. The number of likely N-dealkylation sites (tertiary alicyclic amines) is 1. The Morgan fingerprint density at radius 2 is 1.93 bits per heavy atom. The lowest BCUT2D eigenvalue weighted by Crippen LogP contribution is -2.31. The molecule has 2 amide bonds. The van der Waals surface area contributed by atoms with Crippen LogP contribution in [0.4, 0.5) is 18.0 Å². The largest absolute Gasteiger partial charge is 0.493 e. The Bertz CT molecular complexity index is 1590. The zero-order valence-electron chi connectivity index (χ0n) is 23.6. The van der Waals surface area contributed by atoms with Crippen LogP contribution in [-0.2, 0) is 5.41 Å². The molecule has 226 valence electrons. The van der Waals surface area contributed by atoms with Crippen molar-refractivity contribution in [1.29, 1.82) is 0 Å². The van der Waals surface area contributed by atoms with E-state index in [2.05, 4.69) is 15.0 Å². The number of aromatic nitrogens is 1. The van der Waals surface area contributed by atoms with Gasteiger partial charge in [-0.1, -0.05) is 12.1 Å². The summed E-state index contributed by atoms with van der Waals surface area (Å²) in [6, 6.07) is 8.17. The number of hydrogen-bond acceptors (Lipinski definition) is 7. The number of amides is 2. The van der Waals surface area contributed by atoms with Crippen molar-refractivity contribution in [2.24, 2.45) is 10.8 Å². The van der Waals surface area contributed by atoms with Crippen LogP contribution >= 0.6 is 0 Å². The first-order valence-corrected chi connectivity index (χ1v) is 13.9. The highest BCUT2D eigenvalue weighted by Gasteiger charge is 2.34. The number of rotatable bonds is 11. The molecule has 1 aliphatic carbocycles. The minimum Gasteiger partial charge on any atom is -0.493 e. The molecular formula is C31H32F3N5O4. The molecule has 1 aromatic heterocycles. The van der Waals surface area contributed by atoms with Gasteiger partial charge in [0, 0.05) is 36.8 Å². The highest BCUT2D eigenvalue weighted by Crippen LogP contribution is 2.41. The molecule has 0 radical (unpaired) electrons. The van der Waals surface area contributed by atoms with Crippen LogP contribution in [0.15, 0.2) is 71.5 Å². The molecule has 0 saturated carbocycles. The first-order valence-electron chi connectivity index (χ1n) is 13.9. The fourth-order valence-electron chi connectivity index (χ4n) is 5.24. The molecule has 1 aliphatic heterocycles. The Kier molecular flexibility index (Phi) is 9.15. The van der Waals surface area contributed by atoms with Gasteiger partial charge in [0.25, 0.3) is 0 Å². The number of primary amides is 1. The van der Waals surface area contributed by atoms with E-state index < -0.39 is 35.3 Å². The zero-order valence-corrected chi connectivity index (χ0v) is 23.6. The number of carbonyl (C=O) groups is 1. The summed E-state index contributed by atoms with van der Waals surface area (Å²) in [4.78, 5) is 17.9. The van der Waals surface area contributed by atoms with Crippen molar-refractivity contribution in [2.45, 2.75) is 31.1 Å². The van der Waals surface area contributed by atoms with Gasteiger partial charge >= 0.3 is 6.03 Å². The molecule has 2 heterocycles. The number of pyridine rings is 1. The number of fused-ring (bicyclic) bond motifs is 1. The molecule has 5 rings (SSSR count). The molecule has 12 heteroatoms. The first kappa shape index (κ1) is 29.9. The monoisotopic (exact) mass is 595 g/mol. The number of urea groups is 1. The Labute approximate surface area is 246 Å². The Morgan fingerprint density at radius 3 is 2.65 bits per heavy atom. The molecule has 1 unspecified atom stereocenters. The van der Waals surface area contributed by atoms with Gasteiger partial charge in [0.2, 0.25) is 0 Å². The first-order chi connectivity index (χ1) is 20.8. The van der Waals surface area contributed by atoms with Gasteiger partial charge in [-0.25, -0.2) is 23.4 Å². The molecule has 3 aromatic rings. The van der Waals surface area contributed by atoms with Gasteiger partial charge in [-0.15, -0.1) is 0 Å². The number of benzene rings is 2. The lowest BCUT2D eigenvalue weighted by Gasteiger charge is -2.29. The second-order valence-corrected chi connectivity index (χ2v) is 10.4. The Balaban J connectivity index is 1.37. The number of methoxy groups -OCH3 is 1. The van der Waals surface area contributed by atoms with E-state index in [4.69, 9.17) is 19.9 Å². The van der Waals surface area contributed by atoms with E-state index in [0.717, 1.165) is 38.2 Å². The highest BCUT2D eigenvalue weighted by molar-refractivity contribution is 5.88. The van der Waals surface area contributed by atoms with Crippen molar-refractivity contribution >= 4 is 23.1 Å². The third kappa shape index (κ3) is 6.91. The van der Waals surface area contributed by atoms with Crippen molar-refractivity contribution < 1.29 is 32.2 Å². The normalized spacial score (nSPS) is 18.9. The van der Waals surface area contributed by atoms with Gasteiger partial charge in [-0.3, -0.25) is 4.98 Å². The van der Waals surface area contributed by atoms with Crippen LogP contribution in [0.3, 0.4) is 0 Å². The van der Waals surface area contributed by atoms with Gasteiger partial charge < -0.3 is 24.8 Å². The van der Waals surface area contributed by atoms with Crippen LogP contribution in [-0.4, -0.2) is 55.5 Å². The third-order valence-corrected chi connectivity index (χ3v) is 7.45. The van der Waals surface area contributed by atoms with E-state index >= 15 is 4.39 Å². The number of ether oxygens (including phenoxy) is 3. The number of carbonyl (C=O) groups excluding carboxylic acids is 1. The standard InChI is InChI=1S/C31H32F3N5O4/c1-41-28-16-21-25(17-29(28)42-14-4-13-39-11-2-3-12-39)36-10-8-26(21)43-27-6-5-20(15-23(27)33)31(19-37-38-30(35)40)9-7-22(32)24(34)18-31/h5-10,15-17,19H,2-4,11-14,18H2,1H3,(H3,35,38,40). The van der Waals surface area contributed by atoms with Crippen molar-refractivity contribution in [3.05, 3.63) is 77.8 Å². The summed E-state index contributed by atoms with van der Waals surface area (Å²) in [5, 5.41) is 4.30. The maximum atomic E-state index is 15.5. The molecule has 9 nitrogen and oxygen atoms in total. The number of nitrogens with two attached hydrogens (primary N) is 1. The van der Waals surface area contributed by atoms with E-state index in [1.807, 2.05) is 5.43 Å². The number of allylic oxidation sites excluding steroid dienone is 4. The van der Waals surface area contributed by atoms with E-state index in [9.17, 15) is 13.6 Å². The fraction of sp³-hybridized carbons (Fsp3) is 0.323. The van der Waals surface area contributed by atoms with Crippen molar-refractivity contribution in [2.75, 3.05) is 33.4 Å². The topological polar surface area (TPSA) is 111 Å². The summed E-state index contributed by atoms with van der Waals surface area (Å²) in [5.74, 6) is -1.59. The lowest BCUT2D eigenvalue weighted by atomic mass is 9.76. The predicted molar refractivity (Wildman–Crippen MR) is 156 cm³/mol. The second-order valence-electron chi connectivity index (χ2n) is 10.4. The summed E-state index contributed by atoms with van der Waals surface area (Å²) in [6.07, 6.45) is 7.87. The van der Waals surface area contributed by atoms with Gasteiger partial charge in [0.05, 0.1) is 24.6 Å². The zero-order chi connectivity index (χ0) is 30.4. The fourth-order valence-corrected chi connectivity index (χ4v) is 5.24. The van der Waals surface area contributed by atoms with E-state index in [-0.39, 0.29) is 11.3 Å². The maximum absolute atomic E-state index is 15.5. The second kappa shape index (κ2) is 13.2. The lowest BCUT2D eigenvalue weighted by molar-refractivity contribution is 0.249. The predicted octanol–water partition coefficient (Wildman–Crippen LogP) is 6.04. The minimum atomic E-state index is -1.39. The van der Waals surface area contributed by atoms with Gasteiger partial charge in [0.1, 0.15) is 11.6 Å². The van der Waals surface area contributed by atoms with Crippen LogP contribution in [0.2, 0.25) is 0 Å². The van der Waals surface area contributed by atoms with Crippen LogP contribution < -0.4 is 25.4 Å². The van der Waals surface area contributed by atoms with Crippen molar-refractivity contribution in [3.63, 3.8) is 0 Å². The number of nitrogens with one attached hydrogen (secondary N) is 1. The molecule has 43 heavy (non-hydrogen) atoms. The van der Waals surface area contributed by atoms with Crippen molar-refractivity contribution in [1.82, 2.24) is 15.3 Å². The summed E-state index contributed by atoms with van der Waals surface area (Å²) >= 11 is 0. The van der Waals surface area contributed by atoms with Crippen LogP contribution in [0, 0.1) is 5.82 Å². The van der Waals surface area contributed by atoms with E-state index in [0.29, 0.717) is 34.8 Å². The van der Waals surface area contributed by atoms with Crippen LogP contribution in [0.5, 0.6) is 23.0 Å². The maximum Gasteiger partial charge on any atom is 0.332 e. The van der Waals surface area contributed by atoms with E-state index in [1.54, 1.807) is 24.4 Å². The van der Waals surface area contributed by atoms with Crippen LogP contribution in [0.1, 0.15) is 31.2 Å². The summed E-state index contributed by atoms with van der Waals surface area (Å²) in [5.41, 5.74) is 6.50. The van der Waals surface area contributed by atoms with Gasteiger partial charge in [-0.2, -0.15) is 5.10 Å². The number of halogens is 3. The molecule has 0 spiro atoms. The number of hydrazone groups is 1. The average Bonchev–Trinajstić information content (AvgIpc) is 3.51. The highest BCUT2D eigenvalue weighted by atomic mass is 19.2. The summed E-state index contributed by atoms with van der Waals surface area (Å²) < 4.78 is 61.1. The SMILES string of the molecule is COc1cc2c(Oc3ccc(C4(C=NNC(N)=O)C=CC(F)=C(F)C4)cc3F)ccnc2cc1OCCCN1CCCC1. The Hall–Kier alpha value is -4.58. The summed E-state index contributed by atoms with van der Waals surface area (Å²) in [7, 11) is 1.54. The minimum absolute atomic E-state index is 0.109. The number of hydrogen-bond donors (Lipinski definition) is 2. The van der Waals surface area contributed by atoms with Crippen molar-refractivity contribution in [3.8, 4) is 23.0 Å². The smallest absolute Gasteiger partial charge is 0.332 e. The third-order valence-electron chi connectivity index (χ3n) is 7.45. The van der Waals surface area contributed by atoms with Gasteiger partial charge in [0.15, 0.2) is 28.9 Å². The van der Waals surface area contributed by atoms with Crippen LogP contribution in [0.25, 0.3) is 10.9 Å².